The van der Waals surface area contributed by atoms with Crippen LogP contribution < -0.4 is 5.32 Å². The fourth-order valence-electron chi connectivity index (χ4n) is 4.00. The molecule has 1 aromatic carbocycles. The second kappa shape index (κ2) is 11.0. The number of carbonyl (C=O) groups excluding carboxylic acids is 1. The van der Waals surface area contributed by atoms with Gasteiger partial charge in [-0.2, -0.15) is 0 Å². The smallest absolute Gasteiger partial charge is 0.253 e. The maximum Gasteiger partial charge on any atom is 0.253 e. The van der Waals surface area contributed by atoms with Crippen molar-refractivity contribution in [1.82, 2.24) is 15.1 Å². The molecule has 0 radical (unpaired) electrons. The number of piperidine rings is 1. The molecular formula is C22H35IN4O3S. The average Bonchev–Trinajstić information content (AvgIpc) is 2.73. The lowest BCUT2D eigenvalue weighted by atomic mass is 10.1. The molecule has 7 nitrogen and oxygen atoms in total. The third-order valence-electron chi connectivity index (χ3n) is 5.91. The van der Waals surface area contributed by atoms with Gasteiger partial charge in [0.2, 0.25) is 0 Å². The van der Waals surface area contributed by atoms with Crippen LogP contribution in [0.2, 0.25) is 0 Å². The third-order valence-corrected chi connectivity index (χ3v) is 8.44. The van der Waals surface area contributed by atoms with Crippen molar-refractivity contribution >= 4 is 45.7 Å². The van der Waals surface area contributed by atoms with Crippen LogP contribution in [0.25, 0.3) is 0 Å². The highest BCUT2D eigenvalue weighted by molar-refractivity contribution is 14.0. The number of rotatable bonds is 4. The van der Waals surface area contributed by atoms with Gasteiger partial charge in [-0.1, -0.05) is 12.1 Å². The van der Waals surface area contributed by atoms with Crippen molar-refractivity contribution in [2.75, 3.05) is 38.5 Å². The predicted octanol–water partition coefficient (Wildman–Crippen LogP) is 2.91. The Bertz CT molecular complexity index is 896. The van der Waals surface area contributed by atoms with Crippen LogP contribution in [-0.2, 0) is 16.4 Å². The molecule has 0 spiro atoms. The molecule has 0 saturated carbocycles. The summed E-state index contributed by atoms with van der Waals surface area (Å²) >= 11 is 0. The van der Waals surface area contributed by atoms with Gasteiger partial charge in [0.05, 0.1) is 17.0 Å². The van der Waals surface area contributed by atoms with Crippen LogP contribution >= 0.6 is 24.0 Å². The van der Waals surface area contributed by atoms with Crippen LogP contribution in [0.1, 0.15) is 56.0 Å². The van der Waals surface area contributed by atoms with Crippen molar-refractivity contribution in [3.05, 3.63) is 35.4 Å². The lowest BCUT2D eigenvalue weighted by molar-refractivity contribution is 0.0724. The number of hydrogen-bond acceptors (Lipinski definition) is 4. The van der Waals surface area contributed by atoms with E-state index in [4.69, 9.17) is 4.99 Å². The molecule has 1 amide bonds. The lowest BCUT2D eigenvalue weighted by Gasteiger charge is -2.39. The Labute approximate surface area is 203 Å². The fraction of sp³-hybridized carbons (Fsp3) is 0.636. The first-order chi connectivity index (χ1) is 14.2. The standard InChI is InChI=1S/C22H34N4O3S.HI/c1-4-23-21(26-13-14-30(28,29)22(2,3)17-26)24-16-18-9-8-10-19(15-18)20(27)25-11-6-5-7-12-25;/h8-10,15H,4-7,11-14,16-17H2,1-3H3,(H,23,24);1H. The number of guanidine groups is 1. The highest BCUT2D eigenvalue weighted by atomic mass is 127. The number of carbonyl (C=O) groups is 1. The molecule has 0 bridgehead atoms. The minimum atomic E-state index is -3.10. The molecule has 2 aliphatic rings. The molecule has 2 heterocycles. The van der Waals surface area contributed by atoms with Crippen LogP contribution in [-0.4, -0.2) is 73.3 Å². The normalized spacial score (nSPS) is 20.7. The summed E-state index contributed by atoms with van der Waals surface area (Å²) < 4.78 is 23.8. The zero-order valence-electron chi connectivity index (χ0n) is 18.8. The minimum absolute atomic E-state index is 0. The molecule has 174 valence electrons. The van der Waals surface area contributed by atoms with Crippen molar-refractivity contribution in [3.63, 3.8) is 0 Å². The van der Waals surface area contributed by atoms with E-state index in [1.54, 1.807) is 13.8 Å². The van der Waals surface area contributed by atoms with E-state index in [0.717, 1.165) is 31.5 Å². The van der Waals surface area contributed by atoms with Crippen LogP contribution in [0.5, 0.6) is 0 Å². The fourth-order valence-corrected chi connectivity index (χ4v) is 5.36. The van der Waals surface area contributed by atoms with Gasteiger partial charge in [0.25, 0.3) is 5.91 Å². The molecule has 1 N–H and O–H groups in total. The average molecular weight is 563 g/mol. The van der Waals surface area contributed by atoms with Crippen LogP contribution in [0, 0.1) is 0 Å². The van der Waals surface area contributed by atoms with Gasteiger partial charge in [-0.3, -0.25) is 4.79 Å². The second-order valence-electron chi connectivity index (χ2n) is 8.72. The van der Waals surface area contributed by atoms with Gasteiger partial charge in [-0.15, -0.1) is 24.0 Å². The van der Waals surface area contributed by atoms with E-state index >= 15 is 0 Å². The Morgan fingerprint density at radius 2 is 1.84 bits per heavy atom. The summed E-state index contributed by atoms with van der Waals surface area (Å²) in [6, 6.07) is 7.68. The summed E-state index contributed by atoms with van der Waals surface area (Å²) in [4.78, 5) is 21.5. The Morgan fingerprint density at radius 1 is 1.13 bits per heavy atom. The molecular weight excluding hydrogens is 527 g/mol. The summed E-state index contributed by atoms with van der Waals surface area (Å²) in [7, 11) is -3.10. The highest BCUT2D eigenvalue weighted by Crippen LogP contribution is 2.24. The topological polar surface area (TPSA) is 82.1 Å². The molecule has 31 heavy (non-hydrogen) atoms. The predicted molar refractivity (Wildman–Crippen MR) is 136 cm³/mol. The number of nitrogens with one attached hydrogen (secondary N) is 1. The van der Waals surface area contributed by atoms with Crippen LogP contribution in [0.4, 0.5) is 0 Å². The SMILES string of the molecule is CCNC(=NCc1cccc(C(=O)N2CCCCC2)c1)N1CCS(=O)(=O)C(C)(C)C1.I. The zero-order valence-corrected chi connectivity index (χ0v) is 21.9. The van der Waals surface area contributed by atoms with E-state index in [-0.39, 0.29) is 35.6 Å². The number of aliphatic imine (C=N–C) groups is 1. The molecule has 2 saturated heterocycles. The summed E-state index contributed by atoms with van der Waals surface area (Å²) in [5.41, 5.74) is 1.68. The maximum absolute atomic E-state index is 12.8. The van der Waals surface area contributed by atoms with E-state index in [0.29, 0.717) is 37.7 Å². The summed E-state index contributed by atoms with van der Waals surface area (Å²) in [5, 5.41) is 3.28. The lowest BCUT2D eigenvalue weighted by Crippen LogP contribution is -2.57. The highest BCUT2D eigenvalue weighted by Gasteiger charge is 2.40. The first-order valence-electron chi connectivity index (χ1n) is 10.9. The molecule has 1 aromatic rings. The summed E-state index contributed by atoms with van der Waals surface area (Å²) in [5.74, 6) is 0.938. The van der Waals surface area contributed by atoms with Gasteiger partial charge in [0.1, 0.15) is 0 Å². The Hall–Kier alpha value is -1.36. The van der Waals surface area contributed by atoms with Crippen molar-refractivity contribution in [2.24, 2.45) is 4.99 Å². The number of amides is 1. The molecule has 0 unspecified atom stereocenters. The Morgan fingerprint density at radius 3 is 2.48 bits per heavy atom. The van der Waals surface area contributed by atoms with Gasteiger partial charge >= 0.3 is 0 Å². The van der Waals surface area contributed by atoms with Gasteiger partial charge < -0.3 is 15.1 Å². The zero-order chi connectivity index (χ0) is 21.8. The van der Waals surface area contributed by atoms with Crippen LogP contribution in [0.3, 0.4) is 0 Å². The van der Waals surface area contributed by atoms with Crippen molar-refractivity contribution in [1.29, 1.82) is 0 Å². The van der Waals surface area contributed by atoms with E-state index < -0.39 is 14.6 Å². The molecule has 2 fully saturated rings. The van der Waals surface area contributed by atoms with E-state index in [2.05, 4.69) is 5.32 Å². The van der Waals surface area contributed by atoms with Crippen molar-refractivity contribution in [2.45, 2.75) is 51.3 Å². The molecule has 0 aliphatic carbocycles. The third kappa shape index (κ3) is 6.34. The van der Waals surface area contributed by atoms with Gasteiger partial charge in [-0.05, 0) is 57.7 Å². The molecule has 0 aromatic heterocycles. The first kappa shape index (κ1) is 25.9. The number of likely N-dealkylation sites (tertiary alicyclic amines) is 1. The van der Waals surface area contributed by atoms with E-state index in [9.17, 15) is 13.2 Å². The number of nitrogens with zero attached hydrogens (tertiary/aromatic N) is 3. The number of sulfone groups is 1. The van der Waals surface area contributed by atoms with Gasteiger partial charge in [0.15, 0.2) is 15.8 Å². The number of halogens is 1. The number of benzene rings is 1. The minimum Gasteiger partial charge on any atom is -0.357 e. The van der Waals surface area contributed by atoms with Gasteiger partial charge in [-0.25, -0.2) is 13.4 Å². The van der Waals surface area contributed by atoms with E-state index in [1.165, 1.54) is 6.42 Å². The Balaban J connectivity index is 0.00000341. The maximum atomic E-state index is 12.8. The molecule has 3 rings (SSSR count). The monoisotopic (exact) mass is 562 g/mol. The van der Waals surface area contributed by atoms with Crippen LogP contribution in [0.15, 0.2) is 29.3 Å². The van der Waals surface area contributed by atoms with Gasteiger partial charge in [0, 0.05) is 38.3 Å². The molecule has 0 atom stereocenters. The van der Waals surface area contributed by atoms with E-state index in [1.807, 2.05) is 41.0 Å². The largest absolute Gasteiger partial charge is 0.357 e. The van der Waals surface area contributed by atoms with Crippen molar-refractivity contribution < 1.29 is 13.2 Å². The second-order valence-corrected chi connectivity index (χ2v) is 11.5. The van der Waals surface area contributed by atoms with Crippen molar-refractivity contribution in [3.8, 4) is 0 Å². The molecule has 9 heteroatoms. The number of hydrogen-bond donors (Lipinski definition) is 1. The molecule has 2 aliphatic heterocycles. The quantitative estimate of drug-likeness (QED) is 0.347. The summed E-state index contributed by atoms with van der Waals surface area (Å²) in [6.07, 6.45) is 3.34. The Kier molecular flexibility index (Phi) is 9.17. The first-order valence-corrected chi connectivity index (χ1v) is 12.5. The summed E-state index contributed by atoms with van der Waals surface area (Å²) in [6.45, 7) is 9.20.